The van der Waals surface area contributed by atoms with Crippen molar-refractivity contribution in [3.05, 3.63) is 192 Å². The van der Waals surface area contributed by atoms with Crippen LogP contribution < -0.4 is 0 Å². The maximum Gasteiger partial charge on any atom is 0.0726 e. The lowest BCUT2D eigenvalue weighted by Gasteiger charge is -2.31. The van der Waals surface area contributed by atoms with E-state index in [-0.39, 0.29) is 0 Å². The van der Waals surface area contributed by atoms with Crippen LogP contribution in [-0.4, -0.2) is 0 Å². The van der Waals surface area contributed by atoms with E-state index in [1.807, 2.05) is 11.8 Å². The van der Waals surface area contributed by atoms with E-state index in [2.05, 4.69) is 170 Å². The zero-order valence-corrected chi connectivity index (χ0v) is 27.9. The first-order valence-electron chi connectivity index (χ1n) is 17.4. The van der Waals surface area contributed by atoms with Gasteiger partial charge in [0.1, 0.15) is 0 Å². The fraction of sp³-hybridized carbons (Fsp3) is 0.0204. The molecule has 0 aromatic heterocycles. The second-order valence-electron chi connectivity index (χ2n) is 13.9. The molecule has 1 aliphatic heterocycles. The third-order valence-corrected chi connectivity index (χ3v) is 12.8. The standard InChI is InChI=1S/C49H28S/c1-3-12-33-29(10-1)21-25-41-47(33)48-34-13-4-2-11-30(34)22-26-42(48)49(41)40-18-7-5-14-35(40)36-23-20-31(28-43(36)49)32-24-27-45-46-38(32)16-9-17-39(46)37-15-6-8-19-44(37)50-45/h1-28H. The Hall–Kier alpha value is -5.89. The number of fused-ring (bicyclic) bond motifs is 16. The lowest BCUT2D eigenvalue weighted by molar-refractivity contribution is 0.795. The Bertz CT molecular complexity index is 2880. The van der Waals surface area contributed by atoms with Gasteiger partial charge in [-0.2, -0.15) is 0 Å². The van der Waals surface area contributed by atoms with Gasteiger partial charge in [0.15, 0.2) is 0 Å². The van der Waals surface area contributed by atoms with E-state index in [1.165, 1.54) is 109 Å². The Morgan fingerprint density at radius 2 is 0.940 bits per heavy atom. The van der Waals surface area contributed by atoms with Crippen molar-refractivity contribution in [3.63, 3.8) is 0 Å². The van der Waals surface area contributed by atoms with E-state index in [0.29, 0.717) is 0 Å². The van der Waals surface area contributed by atoms with Gasteiger partial charge in [-0.25, -0.2) is 0 Å². The molecule has 0 saturated carbocycles. The molecule has 12 rings (SSSR count). The minimum absolute atomic E-state index is 0.429. The second-order valence-corrected chi connectivity index (χ2v) is 15.0. The van der Waals surface area contributed by atoms with Crippen LogP contribution in [0.5, 0.6) is 0 Å². The molecule has 9 aromatic carbocycles. The molecule has 0 saturated heterocycles. The largest absolute Gasteiger partial charge is 0.0888 e. The topological polar surface area (TPSA) is 0 Å². The van der Waals surface area contributed by atoms with E-state index in [0.717, 1.165) is 0 Å². The summed E-state index contributed by atoms with van der Waals surface area (Å²) in [6.07, 6.45) is 0. The molecular formula is C49H28S. The SMILES string of the molecule is c1ccc2c(c1)Sc1ccc(-c3ccc4c(c3)C3(c5ccccc5-4)c4ccc5ccccc5c4-c4c3ccc3ccccc43)c3cccc-2c13. The van der Waals surface area contributed by atoms with Gasteiger partial charge in [0, 0.05) is 15.2 Å². The summed E-state index contributed by atoms with van der Waals surface area (Å²) in [4.78, 5) is 2.66. The van der Waals surface area contributed by atoms with E-state index < -0.39 is 5.41 Å². The predicted octanol–water partition coefficient (Wildman–Crippen LogP) is 13.3. The van der Waals surface area contributed by atoms with E-state index >= 15 is 0 Å². The van der Waals surface area contributed by atoms with Crippen LogP contribution in [0.2, 0.25) is 0 Å². The smallest absolute Gasteiger partial charge is 0.0726 e. The van der Waals surface area contributed by atoms with Gasteiger partial charge in [0.05, 0.1) is 5.41 Å². The molecule has 0 N–H and O–H groups in total. The van der Waals surface area contributed by atoms with Crippen molar-refractivity contribution in [3.8, 4) is 44.5 Å². The van der Waals surface area contributed by atoms with Crippen LogP contribution in [0.25, 0.3) is 76.8 Å². The molecule has 50 heavy (non-hydrogen) atoms. The highest BCUT2D eigenvalue weighted by Crippen LogP contribution is 2.65. The Morgan fingerprint density at radius 3 is 1.72 bits per heavy atom. The van der Waals surface area contributed by atoms with Gasteiger partial charge < -0.3 is 0 Å². The highest BCUT2D eigenvalue weighted by molar-refractivity contribution is 7.99. The van der Waals surface area contributed by atoms with Gasteiger partial charge in [-0.15, -0.1) is 0 Å². The zero-order valence-electron chi connectivity index (χ0n) is 27.1. The quantitative estimate of drug-likeness (QED) is 0.171. The predicted molar refractivity (Wildman–Crippen MR) is 210 cm³/mol. The van der Waals surface area contributed by atoms with Crippen LogP contribution in [0, 0.1) is 0 Å². The summed E-state index contributed by atoms with van der Waals surface area (Å²) in [5.74, 6) is 0. The number of benzene rings is 9. The monoisotopic (exact) mass is 648 g/mol. The minimum atomic E-state index is -0.429. The molecule has 230 valence electrons. The third kappa shape index (κ3) is 3.24. The Balaban J connectivity index is 1.19. The summed E-state index contributed by atoms with van der Waals surface area (Å²) < 4.78 is 0. The maximum atomic E-state index is 2.53. The van der Waals surface area contributed by atoms with Gasteiger partial charge in [0.25, 0.3) is 0 Å². The van der Waals surface area contributed by atoms with E-state index in [1.54, 1.807) is 0 Å². The first-order chi connectivity index (χ1) is 24.8. The van der Waals surface area contributed by atoms with Crippen molar-refractivity contribution < 1.29 is 0 Å². The van der Waals surface area contributed by atoms with Crippen LogP contribution in [0.1, 0.15) is 22.3 Å². The molecule has 9 aromatic rings. The second kappa shape index (κ2) is 9.63. The highest BCUT2D eigenvalue weighted by Gasteiger charge is 2.52. The van der Waals surface area contributed by atoms with Crippen molar-refractivity contribution in [2.24, 2.45) is 0 Å². The molecule has 0 radical (unpaired) electrons. The van der Waals surface area contributed by atoms with E-state index in [4.69, 9.17) is 0 Å². The van der Waals surface area contributed by atoms with Crippen LogP contribution in [-0.2, 0) is 5.41 Å². The molecule has 0 bridgehead atoms. The van der Waals surface area contributed by atoms with Crippen molar-refractivity contribution in [1.82, 2.24) is 0 Å². The molecule has 0 amide bonds. The average Bonchev–Trinajstić information content (AvgIpc) is 3.65. The first kappa shape index (κ1) is 27.0. The Kier molecular flexibility index (Phi) is 5.20. The molecule has 3 aliphatic rings. The van der Waals surface area contributed by atoms with Crippen LogP contribution >= 0.6 is 11.8 Å². The van der Waals surface area contributed by atoms with E-state index in [9.17, 15) is 0 Å². The molecule has 1 heterocycles. The molecule has 0 atom stereocenters. The summed E-state index contributed by atoms with van der Waals surface area (Å²) >= 11 is 1.89. The molecule has 1 heteroatoms. The molecule has 2 aliphatic carbocycles. The van der Waals surface area contributed by atoms with Gasteiger partial charge >= 0.3 is 0 Å². The van der Waals surface area contributed by atoms with Gasteiger partial charge in [-0.3, -0.25) is 0 Å². The van der Waals surface area contributed by atoms with Crippen molar-refractivity contribution in [1.29, 1.82) is 0 Å². The lowest BCUT2D eigenvalue weighted by atomic mass is 9.70. The molecule has 0 nitrogen and oxygen atoms in total. The summed E-state index contributed by atoms with van der Waals surface area (Å²) in [5, 5.41) is 7.89. The summed E-state index contributed by atoms with van der Waals surface area (Å²) in [5.41, 5.74) is 15.7. The highest BCUT2D eigenvalue weighted by atomic mass is 32.2. The first-order valence-corrected chi connectivity index (χ1v) is 18.2. The van der Waals surface area contributed by atoms with Crippen molar-refractivity contribution in [2.75, 3.05) is 0 Å². The fourth-order valence-corrected chi connectivity index (χ4v) is 10.8. The molecule has 0 fully saturated rings. The zero-order chi connectivity index (χ0) is 32.6. The molecular weight excluding hydrogens is 621 g/mol. The molecule has 0 unspecified atom stereocenters. The Morgan fingerprint density at radius 1 is 0.340 bits per heavy atom. The third-order valence-electron chi connectivity index (χ3n) is 11.7. The summed E-state index contributed by atoms with van der Waals surface area (Å²) in [6.45, 7) is 0. The van der Waals surface area contributed by atoms with Gasteiger partial charge in [0.2, 0.25) is 0 Å². The normalized spacial score (nSPS) is 14.1. The average molecular weight is 649 g/mol. The van der Waals surface area contributed by atoms with Crippen molar-refractivity contribution >= 4 is 44.1 Å². The Labute approximate surface area is 294 Å². The summed E-state index contributed by atoms with van der Waals surface area (Å²) in [6, 6.07) is 64.3. The fourth-order valence-electron chi connectivity index (χ4n) is 9.71. The van der Waals surface area contributed by atoms with Gasteiger partial charge in [-0.1, -0.05) is 163 Å². The maximum absolute atomic E-state index is 2.53. The number of hydrogen-bond donors (Lipinski definition) is 0. The lowest BCUT2D eigenvalue weighted by Crippen LogP contribution is -2.26. The van der Waals surface area contributed by atoms with Gasteiger partial charge in [-0.05, 0) is 112 Å². The van der Waals surface area contributed by atoms with Crippen LogP contribution in [0.4, 0.5) is 0 Å². The summed E-state index contributed by atoms with van der Waals surface area (Å²) in [7, 11) is 0. The molecule has 1 spiro atoms. The number of hydrogen-bond acceptors (Lipinski definition) is 1. The number of rotatable bonds is 1. The van der Waals surface area contributed by atoms with Crippen LogP contribution in [0.15, 0.2) is 180 Å². The van der Waals surface area contributed by atoms with Crippen LogP contribution in [0.3, 0.4) is 0 Å². The van der Waals surface area contributed by atoms with Crippen molar-refractivity contribution in [2.45, 2.75) is 15.2 Å². The minimum Gasteiger partial charge on any atom is -0.0888 e.